The van der Waals surface area contributed by atoms with E-state index in [0.29, 0.717) is 5.41 Å². The Morgan fingerprint density at radius 1 is 1.41 bits per heavy atom. The highest BCUT2D eigenvalue weighted by Crippen LogP contribution is 2.57. The van der Waals surface area contributed by atoms with Crippen LogP contribution in [0.3, 0.4) is 0 Å². The summed E-state index contributed by atoms with van der Waals surface area (Å²) in [6.45, 7) is 7.18. The Hall–Kier alpha value is -0.300. The Kier molecular flexibility index (Phi) is 3.68. The number of rotatable bonds is 3. The molecule has 1 nitrogen and oxygen atoms in total. The van der Waals surface area contributed by atoms with Gasteiger partial charge < -0.3 is 5.32 Å². The van der Waals surface area contributed by atoms with Gasteiger partial charge in [0.1, 0.15) is 0 Å². The molecule has 0 N–H and O–H groups in total. The molecule has 0 aromatic rings. The number of likely N-dealkylation sites (N-methyl/N-ethyl adjacent to an activating group) is 1. The first-order valence-electron chi connectivity index (χ1n) is 7.39. The monoisotopic (exact) mass is 234 g/mol. The van der Waals surface area contributed by atoms with E-state index >= 15 is 0 Å². The maximum atomic E-state index is 4.91. The summed E-state index contributed by atoms with van der Waals surface area (Å²) in [5, 5.41) is 4.91. The van der Waals surface area contributed by atoms with Crippen LogP contribution in [0.15, 0.2) is 11.6 Å². The second kappa shape index (κ2) is 4.76. The second-order valence-corrected chi connectivity index (χ2v) is 6.46. The average molecular weight is 234 g/mol. The zero-order valence-electron chi connectivity index (χ0n) is 12.1. The third-order valence-electron chi connectivity index (χ3n) is 5.45. The van der Waals surface area contributed by atoms with Crippen molar-refractivity contribution in [1.82, 2.24) is 0 Å². The largest absolute Gasteiger partial charge is 0.655 e. The van der Waals surface area contributed by atoms with Crippen LogP contribution in [0.25, 0.3) is 5.32 Å². The molecule has 0 spiro atoms. The number of allylic oxidation sites excluding steroid dienone is 1. The third-order valence-corrected chi connectivity index (χ3v) is 5.45. The van der Waals surface area contributed by atoms with Crippen LogP contribution in [0.5, 0.6) is 0 Å². The Balaban J connectivity index is 2.37. The molecule has 0 amide bonds. The van der Waals surface area contributed by atoms with Crippen molar-refractivity contribution in [3.05, 3.63) is 17.0 Å². The fourth-order valence-corrected chi connectivity index (χ4v) is 4.35. The van der Waals surface area contributed by atoms with Crippen molar-refractivity contribution in [3.63, 3.8) is 0 Å². The van der Waals surface area contributed by atoms with E-state index < -0.39 is 0 Å². The van der Waals surface area contributed by atoms with Gasteiger partial charge in [-0.25, -0.2) is 0 Å². The van der Waals surface area contributed by atoms with Gasteiger partial charge in [0.2, 0.25) is 0 Å². The molecule has 1 fully saturated rings. The molecule has 1 heteroatoms. The van der Waals surface area contributed by atoms with E-state index in [9.17, 15) is 0 Å². The summed E-state index contributed by atoms with van der Waals surface area (Å²) in [4.78, 5) is 0. The fraction of sp³-hybridized carbons (Fsp3) is 0.875. The van der Waals surface area contributed by atoms with Crippen molar-refractivity contribution in [1.29, 1.82) is 0 Å². The van der Waals surface area contributed by atoms with Gasteiger partial charge in [-0.2, -0.15) is 7.05 Å². The van der Waals surface area contributed by atoms with E-state index in [1.165, 1.54) is 44.9 Å². The van der Waals surface area contributed by atoms with E-state index in [-0.39, 0.29) is 5.54 Å². The van der Waals surface area contributed by atoms with Gasteiger partial charge >= 0.3 is 0 Å². The predicted octanol–water partition coefficient (Wildman–Crippen LogP) is 5.08. The van der Waals surface area contributed by atoms with E-state index in [1.54, 1.807) is 5.57 Å². The molecule has 98 valence electrons. The van der Waals surface area contributed by atoms with Gasteiger partial charge in [0, 0.05) is 0 Å². The van der Waals surface area contributed by atoms with Crippen molar-refractivity contribution >= 4 is 0 Å². The number of fused-ring (bicyclic) bond motifs is 1. The van der Waals surface area contributed by atoms with Crippen LogP contribution in [0.4, 0.5) is 0 Å². The SMILES string of the molecule is CCCC1=CC2([N-]C)C(C)CCCC2(C)CC1. The molecule has 2 aliphatic rings. The van der Waals surface area contributed by atoms with Gasteiger partial charge in [-0.05, 0) is 31.1 Å². The summed E-state index contributed by atoms with van der Waals surface area (Å²) in [6, 6.07) is 0. The van der Waals surface area contributed by atoms with Crippen molar-refractivity contribution in [2.24, 2.45) is 11.3 Å². The molecule has 2 rings (SSSR count). The van der Waals surface area contributed by atoms with Gasteiger partial charge in [0.05, 0.1) is 0 Å². The van der Waals surface area contributed by atoms with Crippen molar-refractivity contribution < 1.29 is 0 Å². The Bertz CT molecular complexity index is 307. The lowest BCUT2D eigenvalue weighted by molar-refractivity contribution is 0.0739. The quantitative estimate of drug-likeness (QED) is 0.605. The van der Waals surface area contributed by atoms with Gasteiger partial charge in [-0.15, -0.1) is 0 Å². The zero-order valence-corrected chi connectivity index (χ0v) is 12.1. The first kappa shape index (κ1) is 13.1. The summed E-state index contributed by atoms with van der Waals surface area (Å²) >= 11 is 0. The first-order valence-corrected chi connectivity index (χ1v) is 7.39. The van der Waals surface area contributed by atoms with Gasteiger partial charge in [-0.1, -0.05) is 63.1 Å². The van der Waals surface area contributed by atoms with Crippen LogP contribution in [0.1, 0.15) is 65.7 Å². The lowest BCUT2D eigenvalue weighted by Gasteiger charge is -2.65. The van der Waals surface area contributed by atoms with E-state index in [0.717, 1.165) is 5.92 Å². The minimum atomic E-state index is 0.147. The molecule has 2 aliphatic carbocycles. The molecular weight excluding hydrogens is 206 g/mol. The number of hydrogen-bond donors (Lipinski definition) is 0. The summed E-state index contributed by atoms with van der Waals surface area (Å²) < 4.78 is 0. The number of hydrogen-bond acceptors (Lipinski definition) is 0. The topological polar surface area (TPSA) is 14.1 Å². The highest BCUT2D eigenvalue weighted by molar-refractivity contribution is 5.33. The highest BCUT2D eigenvalue weighted by Gasteiger charge is 2.46. The minimum absolute atomic E-state index is 0.147. The van der Waals surface area contributed by atoms with Crippen LogP contribution in [-0.4, -0.2) is 12.6 Å². The predicted molar refractivity (Wildman–Crippen MR) is 75.4 cm³/mol. The molecule has 3 unspecified atom stereocenters. The van der Waals surface area contributed by atoms with Crippen molar-refractivity contribution in [2.45, 2.75) is 71.3 Å². The smallest absolute Gasteiger partial charge is 0.0316 e. The highest BCUT2D eigenvalue weighted by atomic mass is 15.0. The number of nitrogens with zero attached hydrogens (tertiary/aromatic N) is 1. The molecule has 0 aromatic heterocycles. The van der Waals surface area contributed by atoms with Crippen LogP contribution >= 0.6 is 0 Å². The van der Waals surface area contributed by atoms with E-state index in [2.05, 4.69) is 26.8 Å². The van der Waals surface area contributed by atoms with Crippen molar-refractivity contribution in [3.8, 4) is 0 Å². The zero-order chi connectivity index (χ0) is 12.5. The lowest BCUT2D eigenvalue weighted by atomic mass is 9.53. The summed E-state index contributed by atoms with van der Waals surface area (Å²) in [6.07, 6.45) is 11.9. The maximum Gasteiger partial charge on any atom is -0.0316 e. The fourth-order valence-electron chi connectivity index (χ4n) is 4.35. The standard InChI is InChI=1S/C16H28N/c1-5-7-14-9-11-15(3)10-6-8-13(2)16(15,12-14)17-4/h12-13H,5-11H2,1-4H3/q-1. The van der Waals surface area contributed by atoms with Crippen LogP contribution in [-0.2, 0) is 0 Å². The van der Waals surface area contributed by atoms with Crippen LogP contribution < -0.4 is 0 Å². The van der Waals surface area contributed by atoms with Crippen molar-refractivity contribution in [2.75, 3.05) is 7.05 Å². The molecular formula is C16H28N-. The average Bonchev–Trinajstić information content (AvgIpc) is 2.31. The lowest BCUT2D eigenvalue weighted by Crippen LogP contribution is -2.53. The molecule has 0 aliphatic heterocycles. The molecule has 0 aromatic carbocycles. The Morgan fingerprint density at radius 3 is 2.82 bits per heavy atom. The molecule has 0 heterocycles. The van der Waals surface area contributed by atoms with Gasteiger partial charge in [0.25, 0.3) is 0 Å². The van der Waals surface area contributed by atoms with Gasteiger partial charge in [-0.3, -0.25) is 0 Å². The van der Waals surface area contributed by atoms with Gasteiger partial charge in [0.15, 0.2) is 0 Å². The maximum absolute atomic E-state index is 4.91. The first-order chi connectivity index (χ1) is 8.08. The second-order valence-electron chi connectivity index (χ2n) is 6.46. The molecule has 3 atom stereocenters. The minimum Gasteiger partial charge on any atom is -0.655 e. The summed E-state index contributed by atoms with van der Waals surface area (Å²) in [5.41, 5.74) is 2.24. The Morgan fingerprint density at radius 2 is 2.18 bits per heavy atom. The normalized spacial score (nSPS) is 41.9. The summed E-state index contributed by atoms with van der Waals surface area (Å²) in [7, 11) is 2.05. The Labute approximate surface area is 107 Å². The van der Waals surface area contributed by atoms with Crippen LogP contribution in [0, 0.1) is 11.3 Å². The van der Waals surface area contributed by atoms with E-state index in [4.69, 9.17) is 5.32 Å². The molecule has 1 saturated carbocycles. The molecule has 17 heavy (non-hydrogen) atoms. The third kappa shape index (κ3) is 1.97. The van der Waals surface area contributed by atoms with Crippen LogP contribution in [0.2, 0.25) is 0 Å². The molecule has 0 saturated heterocycles. The molecule has 0 bridgehead atoms. The summed E-state index contributed by atoms with van der Waals surface area (Å²) in [5.74, 6) is 0.721. The molecule has 0 radical (unpaired) electrons. The van der Waals surface area contributed by atoms with E-state index in [1.807, 2.05) is 7.05 Å².